The molecule has 0 saturated carbocycles. The molecule has 0 fully saturated rings. The summed E-state index contributed by atoms with van der Waals surface area (Å²) in [7, 11) is 0.398. The van der Waals surface area contributed by atoms with Crippen LogP contribution < -0.4 is 0 Å². The number of hydrogen-bond donors (Lipinski definition) is 0. The van der Waals surface area contributed by atoms with E-state index < -0.39 is 49.1 Å². The molecule has 0 aliphatic rings. The second-order valence-corrected chi connectivity index (χ2v) is 27.5. The molecule has 0 radical (unpaired) electrons. The lowest BCUT2D eigenvalue weighted by molar-refractivity contribution is -0.0957. The Hall–Kier alpha value is 0.574. The van der Waals surface area contributed by atoms with Gasteiger partial charge in [0.15, 0.2) is 8.32 Å². The summed E-state index contributed by atoms with van der Waals surface area (Å²) in [5.41, 5.74) is 0. The van der Waals surface area contributed by atoms with Gasteiger partial charge < -0.3 is 48.4 Å². The predicted molar refractivity (Wildman–Crippen MR) is 159 cm³/mol. The highest BCUT2D eigenvalue weighted by Crippen LogP contribution is 2.36. The molecule has 0 unspecified atom stereocenters. The lowest BCUT2D eigenvalue weighted by Gasteiger charge is -2.39. The van der Waals surface area contributed by atoms with Gasteiger partial charge in [0.1, 0.15) is 0 Å². The van der Waals surface area contributed by atoms with Gasteiger partial charge in [0.05, 0.1) is 0 Å². The maximum absolute atomic E-state index is 16.7. The van der Waals surface area contributed by atoms with Crippen LogP contribution in [-0.4, -0.2) is 113 Å². The summed E-state index contributed by atoms with van der Waals surface area (Å²) in [5.74, 6) is -1.94. The summed E-state index contributed by atoms with van der Waals surface area (Å²) >= 11 is 0. The highest BCUT2D eigenvalue weighted by atomic mass is 28.4. The van der Waals surface area contributed by atoms with Gasteiger partial charge in [0.2, 0.25) is 5.85 Å². The molecule has 0 saturated heterocycles. The first-order valence-electron chi connectivity index (χ1n) is 13.1. The molecule has 0 spiro atoms. The average molecular weight is 655 g/mol. The predicted octanol–water partition coefficient (Wildman–Crippen LogP) is 4.79. The third kappa shape index (κ3) is 13.2. The van der Waals surface area contributed by atoms with Crippen LogP contribution in [0.2, 0.25) is 50.4 Å². The molecule has 0 N–H and O–H groups in total. The van der Waals surface area contributed by atoms with Crippen molar-refractivity contribution in [1.82, 2.24) is 0 Å². The van der Waals surface area contributed by atoms with E-state index in [0.29, 0.717) is 31.0 Å². The summed E-state index contributed by atoms with van der Waals surface area (Å²) in [6.45, 7) is 7.97. The molecular weight excluding hydrogens is 600 g/mol. The zero-order valence-electron chi connectivity index (χ0n) is 26.5. The fraction of sp³-hybridized carbons (Fsp3) is 1.00. The van der Waals surface area contributed by atoms with Gasteiger partial charge in [-0.15, -0.1) is 0 Å². The van der Waals surface area contributed by atoms with E-state index in [2.05, 4.69) is 13.1 Å². The summed E-state index contributed by atoms with van der Waals surface area (Å²) in [6.07, 6.45) is 1.17. The molecule has 0 bridgehead atoms. The van der Waals surface area contributed by atoms with Crippen molar-refractivity contribution in [3.8, 4) is 0 Å². The van der Waals surface area contributed by atoms with Crippen LogP contribution in [0.5, 0.6) is 0 Å². The van der Waals surface area contributed by atoms with Crippen LogP contribution in [0.1, 0.15) is 25.7 Å². The van der Waals surface area contributed by atoms with E-state index in [9.17, 15) is 0 Å². The Labute approximate surface area is 241 Å². The Balaban J connectivity index is 5.67. The first kappa shape index (κ1) is 39.6. The van der Waals surface area contributed by atoms with Gasteiger partial charge in [0, 0.05) is 95.0 Å². The molecular formula is C22H55FO11Si5. The Bertz CT molecular complexity index is 616. The second-order valence-electron chi connectivity index (χ2n) is 10.3. The van der Waals surface area contributed by atoms with Gasteiger partial charge in [-0.3, -0.25) is 0 Å². The molecule has 0 aliphatic carbocycles. The molecule has 236 valence electrons. The summed E-state index contributed by atoms with van der Waals surface area (Å²) in [4.78, 5) is 0. The van der Waals surface area contributed by atoms with Crippen molar-refractivity contribution in [3.05, 3.63) is 0 Å². The molecule has 0 aromatic heterocycles. The summed E-state index contributed by atoms with van der Waals surface area (Å²) < 4.78 is 79.4. The van der Waals surface area contributed by atoms with Gasteiger partial charge in [-0.05, 0) is 45.1 Å². The van der Waals surface area contributed by atoms with E-state index >= 15 is 4.39 Å². The fourth-order valence-electron chi connectivity index (χ4n) is 4.67. The Morgan fingerprint density at radius 3 is 1.10 bits per heavy atom. The maximum atomic E-state index is 16.7. The Morgan fingerprint density at radius 2 is 0.795 bits per heavy atom. The standard InChI is InChI=1S/C22H55FO11Si5/c1-24-37(25-2,26-3)18-14-16-22(23,17-15-19-38(27-4,28-5)29-6)33-36(12,13)34-35(10,11)20-21-39(30-7,31-8)32-9/h14-21H2,1-13H3. The van der Waals surface area contributed by atoms with Crippen LogP contribution in [0, 0.1) is 0 Å². The SMILES string of the molecule is CO[Si](CCCC(F)(CCC[Si](OC)(OC)OC)O[Si](C)(C)O[Si](C)(C)CC[Si](OC)(OC)OC)(OC)OC. The van der Waals surface area contributed by atoms with Crippen molar-refractivity contribution < 1.29 is 52.8 Å². The Morgan fingerprint density at radius 1 is 0.487 bits per heavy atom. The van der Waals surface area contributed by atoms with E-state index in [-0.39, 0.29) is 12.8 Å². The van der Waals surface area contributed by atoms with Gasteiger partial charge >= 0.3 is 35.0 Å². The molecule has 11 nitrogen and oxygen atoms in total. The molecule has 39 heavy (non-hydrogen) atoms. The monoisotopic (exact) mass is 654 g/mol. The fourth-order valence-corrected chi connectivity index (χ4v) is 19.8. The highest BCUT2D eigenvalue weighted by molar-refractivity contribution is 6.83. The average Bonchev–Trinajstić information content (AvgIpc) is 2.90. The van der Waals surface area contributed by atoms with Crippen molar-refractivity contribution in [2.24, 2.45) is 0 Å². The van der Waals surface area contributed by atoms with Gasteiger partial charge in [0.25, 0.3) is 0 Å². The third-order valence-corrected chi connectivity index (χ3v) is 22.2. The maximum Gasteiger partial charge on any atom is 0.500 e. The highest BCUT2D eigenvalue weighted by Gasteiger charge is 2.47. The molecule has 0 heterocycles. The molecule has 17 heteroatoms. The lowest BCUT2D eigenvalue weighted by atomic mass is 10.1. The largest absolute Gasteiger partial charge is 0.500 e. The van der Waals surface area contributed by atoms with E-state index in [0.717, 1.165) is 6.04 Å². The van der Waals surface area contributed by atoms with Crippen LogP contribution in [0.25, 0.3) is 0 Å². The van der Waals surface area contributed by atoms with Crippen molar-refractivity contribution in [1.29, 1.82) is 0 Å². The molecule has 0 aromatic rings. The molecule has 0 aromatic carbocycles. The number of alkyl halides is 1. The molecule has 0 atom stereocenters. The number of halogens is 1. The molecule has 0 aliphatic heterocycles. The minimum Gasteiger partial charge on any atom is -0.436 e. The van der Waals surface area contributed by atoms with Crippen LogP contribution in [-0.2, 0) is 48.4 Å². The number of hydrogen-bond acceptors (Lipinski definition) is 11. The van der Waals surface area contributed by atoms with Crippen molar-refractivity contribution in [2.75, 3.05) is 64.0 Å². The number of rotatable bonds is 24. The molecule has 0 amide bonds. The van der Waals surface area contributed by atoms with Gasteiger partial charge in [-0.1, -0.05) is 0 Å². The van der Waals surface area contributed by atoms with Gasteiger partial charge in [-0.2, -0.15) is 0 Å². The van der Waals surface area contributed by atoms with Crippen molar-refractivity contribution in [3.63, 3.8) is 0 Å². The third-order valence-electron chi connectivity index (χ3n) is 6.85. The van der Waals surface area contributed by atoms with Crippen LogP contribution in [0.15, 0.2) is 0 Å². The van der Waals surface area contributed by atoms with Crippen molar-refractivity contribution in [2.45, 2.75) is 81.9 Å². The van der Waals surface area contributed by atoms with E-state index in [4.69, 9.17) is 48.4 Å². The smallest absolute Gasteiger partial charge is 0.436 e. The van der Waals surface area contributed by atoms with E-state index in [1.165, 1.54) is 0 Å². The van der Waals surface area contributed by atoms with Crippen LogP contribution in [0.3, 0.4) is 0 Å². The lowest BCUT2D eigenvalue weighted by Crippen LogP contribution is -2.52. The first-order chi connectivity index (χ1) is 18.1. The zero-order valence-corrected chi connectivity index (χ0v) is 31.5. The summed E-state index contributed by atoms with van der Waals surface area (Å²) in [6, 6.07) is 2.25. The first-order valence-corrected chi connectivity index (χ1v) is 24.9. The van der Waals surface area contributed by atoms with Crippen LogP contribution in [0.4, 0.5) is 4.39 Å². The minimum absolute atomic E-state index is 0.133. The van der Waals surface area contributed by atoms with Gasteiger partial charge in [-0.25, -0.2) is 4.39 Å². The normalized spacial score (nSPS) is 14.3. The van der Waals surface area contributed by atoms with E-state index in [1.54, 1.807) is 64.0 Å². The molecule has 0 rings (SSSR count). The second kappa shape index (κ2) is 17.6. The van der Waals surface area contributed by atoms with Crippen LogP contribution >= 0.6 is 0 Å². The zero-order chi connectivity index (χ0) is 30.4. The summed E-state index contributed by atoms with van der Waals surface area (Å²) in [5, 5.41) is 0. The van der Waals surface area contributed by atoms with E-state index in [1.807, 2.05) is 13.1 Å². The topological polar surface area (TPSA) is 102 Å². The Kier molecular flexibility index (Phi) is 17.9. The quantitative estimate of drug-likeness (QED) is 0.134. The van der Waals surface area contributed by atoms with Crippen molar-refractivity contribution >= 4 is 43.3 Å². The minimum atomic E-state index is -2.93.